The van der Waals surface area contributed by atoms with Crippen LogP contribution in [0.15, 0.2) is 60.9 Å². The number of hydrogen-bond donors (Lipinski definition) is 0. The zero-order valence-corrected chi connectivity index (χ0v) is 9.18. The Bertz CT molecular complexity index is 449. The van der Waals surface area contributed by atoms with Crippen molar-refractivity contribution in [2.75, 3.05) is 0 Å². The van der Waals surface area contributed by atoms with E-state index in [1.54, 1.807) is 19.3 Å². The Labute approximate surface area is 95.8 Å². The molecular weight excluding hydrogens is 198 g/mol. The van der Waals surface area contributed by atoms with Crippen molar-refractivity contribution < 1.29 is 4.74 Å². The number of rotatable bonds is 4. The topological polar surface area (TPSA) is 33.0 Å². The molecule has 0 saturated carbocycles. The van der Waals surface area contributed by atoms with Gasteiger partial charge < -0.3 is 4.74 Å². The minimum absolute atomic E-state index is 0.576. The molecule has 2 nitrogen and oxygen atoms in total. The fourth-order valence-corrected chi connectivity index (χ4v) is 1.32. The van der Waals surface area contributed by atoms with Crippen molar-refractivity contribution >= 4 is 5.57 Å². The summed E-state index contributed by atoms with van der Waals surface area (Å²) in [6, 6.07) is 9.76. The summed E-state index contributed by atoms with van der Waals surface area (Å²) in [4.78, 5) is 0. The lowest BCUT2D eigenvalue weighted by atomic mass is 10.0. The fourth-order valence-electron chi connectivity index (χ4n) is 1.32. The van der Waals surface area contributed by atoms with Crippen LogP contribution in [0, 0.1) is 11.5 Å². The first-order valence-corrected chi connectivity index (χ1v) is 4.91. The normalized spacial score (nSPS) is 11.8. The molecule has 1 rings (SSSR count). The summed E-state index contributed by atoms with van der Waals surface area (Å²) in [5.74, 6) is 0.576. The van der Waals surface area contributed by atoms with Gasteiger partial charge in [-0.05, 0) is 12.5 Å². The number of ether oxygens (including phenoxy) is 1. The second-order valence-electron chi connectivity index (χ2n) is 3.12. The summed E-state index contributed by atoms with van der Waals surface area (Å²) in [5.41, 5.74) is 1.88. The van der Waals surface area contributed by atoms with Crippen LogP contribution < -0.4 is 0 Å². The summed E-state index contributed by atoms with van der Waals surface area (Å²) in [6.45, 7) is 5.38. The molecule has 1 aromatic carbocycles. The smallest absolute Gasteiger partial charge is 0.291 e. The zero-order valence-electron chi connectivity index (χ0n) is 9.18. The molecule has 0 spiro atoms. The summed E-state index contributed by atoms with van der Waals surface area (Å²) < 4.78 is 4.86. The molecule has 80 valence electrons. The van der Waals surface area contributed by atoms with Crippen molar-refractivity contribution in [3.05, 3.63) is 66.5 Å². The largest absolute Gasteiger partial charge is 0.392 e. The molecule has 0 unspecified atom stereocenters. The van der Waals surface area contributed by atoms with E-state index in [1.807, 2.05) is 42.5 Å². The van der Waals surface area contributed by atoms with Crippen LogP contribution in [-0.2, 0) is 4.74 Å². The lowest BCUT2D eigenvalue weighted by Crippen LogP contribution is -1.88. The van der Waals surface area contributed by atoms with Crippen LogP contribution in [0.1, 0.15) is 12.5 Å². The minimum Gasteiger partial charge on any atom is -0.392 e. The number of nitrogens with zero attached hydrogens (tertiary/aromatic N) is 1. The van der Waals surface area contributed by atoms with Crippen molar-refractivity contribution in [1.29, 1.82) is 5.26 Å². The molecule has 0 aromatic heterocycles. The number of nitriles is 1. The molecule has 0 atom stereocenters. The van der Waals surface area contributed by atoms with Gasteiger partial charge in [-0.15, -0.1) is 5.26 Å². The van der Waals surface area contributed by atoms with Gasteiger partial charge in [-0.2, -0.15) is 0 Å². The van der Waals surface area contributed by atoms with Crippen LogP contribution in [0.2, 0.25) is 0 Å². The van der Waals surface area contributed by atoms with E-state index in [0.717, 1.165) is 11.1 Å². The molecule has 0 aliphatic carbocycles. The third-order valence-electron chi connectivity index (χ3n) is 2.06. The Morgan fingerprint density at radius 3 is 2.62 bits per heavy atom. The van der Waals surface area contributed by atoms with Crippen LogP contribution in [-0.4, -0.2) is 0 Å². The van der Waals surface area contributed by atoms with Crippen molar-refractivity contribution in [3.63, 3.8) is 0 Å². The maximum atomic E-state index is 8.51. The van der Waals surface area contributed by atoms with E-state index in [0.29, 0.717) is 5.76 Å². The lowest BCUT2D eigenvalue weighted by molar-refractivity contribution is 0.380. The van der Waals surface area contributed by atoms with Crippen LogP contribution in [0.3, 0.4) is 0 Å². The third kappa shape index (κ3) is 3.14. The lowest BCUT2D eigenvalue weighted by Gasteiger charge is -2.05. The van der Waals surface area contributed by atoms with Gasteiger partial charge in [-0.1, -0.05) is 55.1 Å². The molecular formula is C14H13NO. The second-order valence-corrected chi connectivity index (χ2v) is 3.12. The van der Waals surface area contributed by atoms with Crippen molar-refractivity contribution in [2.45, 2.75) is 6.92 Å². The molecule has 0 radical (unpaired) electrons. The molecule has 1 aromatic rings. The Hall–Kier alpha value is -2.27. The molecule has 0 amide bonds. The monoisotopic (exact) mass is 211 g/mol. The van der Waals surface area contributed by atoms with E-state index in [2.05, 4.69) is 6.58 Å². The molecule has 16 heavy (non-hydrogen) atoms. The summed E-state index contributed by atoms with van der Waals surface area (Å²) in [7, 11) is 0. The Morgan fingerprint density at radius 2 is 2.06 bits per heavy atom. The highest BCUT2D eigenvalue weighted by Gasteiger charge is 2.03. The molecule has 0 saturated heterocycles. The standard InChI is InChI=1S/C14H13NO/c1-3-4-10-14(12(2)16-11-15)13-8-6-5-7-9-13/h3-10H,1H2,2H3/b10-4-,14-12-. The zero-order chi connectivity index (χ0) is 11.8. The number of hydrogen-bond acceptors (Lipinski definition) is 2. The molecule has 0 N–H and O–H groups in total. The van der Waals surface area contributed by atoms with Gasteiger partial charge in [-0.3, -0.25) is 0 Å². The number of benzene rings is 1. The first-order chi connectivity index (χ1) is 7.79. The van der Waals surface area contributed by atoms with Gasteiger partial charge in [0.2, 0.25) is 0 Å². The van der Waals surface area contributed by atoms with Gasteiger partial charge in [0.05, 0.1) is 0 Å². The molecule has 0 bridgehead atoms. The maximum absolute atomic E-state index is 8.51. The Kier molecular flexibility index (Phi) is 4.62. The van der Waals surface area contributed by atoms with Crippen LogP contribution in [0.25, 0.3) is 5.57 Å². The Morgan fingerprint density at radius 1 is 1.38 bits per heavy atom. The van der Waals surface area contributed by atoms with E-state index in [-0.39, 0.29) is 0 Å². The highest BCUT2D eigenvalue weighted by atomic mass is 16.5. The van der Waals surface area contributed by atoms with Crippen LogP contribution in [0.4, 0.5) is 0 Å². The maximum Gasteiger partial charge on any atom is 0.291 e. The van der Waals surface area contributed by atoms with Gasteiger partial charge in [0.25, 0.3) is 6.26 Å². The SMILES string of the molecule is C=C/C=C\C(=C(/C)OC#N)c1ccccc1. The summed E-state index contributed by atoms with van der Waals surface area (Å²) in [6.07, 6.45) is 7.04. The van der Waals surface area contributed by atoms with Gasteiger partial charge in [0.1, 0.15) is 5.76 Å². The molecule has 2 heteroatoms. The third-order valence-corrected chi connectivity index (χ3v) is 2.06. The summed E-state index contributed by atoms with van der Waals surface area (Å²) in [5, 5.41) is 8.51. The van der Waals surface area contributed by atoms with E-state index < -0.39 is 0 Å². The molecule has 0 heterocycles. The fraction of sp³-hybridized carbons (Fsp3) is 0.0714. The predicted molar refractivity (Wildman–Crippen MR) is 65.1 cm³/mol. The van der Waals surface area contributed by atoms with Crippen LogP contribution >= 0.6 is 0 Å². The quantitative estimate of drug-likeness (QED) is 0.432. The van der Waals surface area contributed by atoms with Gasteiger partial charge in [-0.25, -0.2) is 0 Å². The predicted octanol–water partition coefficient (Wildman–Crippen LogP) is 3.66. The molecule has 0 aliphatic rings. The highest BCUT2D eigenvalue weighted by Crippen LogP contribution is 2.20. The van der Waals surface area contributed by atoms with Gasteiger partial charge >= 0.3 is 0 Å². The first kappa shape index (κ1) is 11.8. The van der Waals surface area contributed by atoms with E-state index in [9.17, 15) is 0 Å². The van der Waals surface area contributed by atoms with Crippen molar-refractivity contribution in [1.82, 2.24) is 0 Å². The van der Waals surface area contributed by atoms with E-state index >= 15 is 0 Å². The number of allylic oxidation sites excluding steroid dienone is 5. The average molecular weight is 211 g/mol. The molecule has 0 aliphatic heterocycles. The Balaban J connectivity index is 3.16. The van der Waals surface area contributed by atoms with E-state index in [4.69, 9.17) is 10.00 Å². The van der Waals surface area contributed by atoms with Crippen molar-refractivity contribution in [2.24, 2.45) is 0 Å². The molecule has 0 fully saturated rings. The van der Waals surface area contributed by atoms with Crippen LogP contribution in [0.5, 0.6) is 0 Å². The average Bonchev–Trinajstić information content (AvgIpc) is 2.31. The van der Waals surface area contributed by atoms with Gasteiger partial charge in [0, 0.05) is 5.57 Å². The first-order valence-electron chi connectivity index (χ1n) is 4.91. The highest BCUT2D eigenvalue weighted by molar-refractivity contribution is 5.75. The van der Waals surface area contributed by atoms with Gasteiger partial charge in [0.15, 0.2) is 0 Å². The summed E-state index contributed by atoms with van der Waals surface area (Å²) >= 11 is 0. The van der Waals surface area contributed by atoms with Crippen molar-refractivity contribution in [3.8, 4) is 6.26 Å². The minimum atomic E-state index is 0.576. The second kappa shape index (κ2) is 6.26. The van der Waals surface area contributed by atoms with E-state index in [1.165, 1.54) is 0 Å².